The zero-order chi connectivity index (χ0) is 18.4. The molecule has 0 atom stereocenters. The molecule has 0 radical (unpaired) electrons. The van der Waals surface area contributed by atoms with Crippen LogP contribution in [0, 0.1) is 0 Å². The van der Waals surface area contributed by atoms with E-state index in [2.05, 4.69) is 5.10 Å². The Hall–Kier alpha value is -2.37. The summed E-state index contributed by atoms with van der Waals surface area (Å²) in [6, 6.07) is 7.17. The van der Waals surface area contributed by atoms with Gasteiger partial charge in [0.15, 0.2) is 6.61 Å². The molecule has 0 aromatic heterocycles. The lowest BCUT2D eigenvalue weighted by molar-refractivity contribution is -0.134. The van der Waals surface area contributed by atoms with Gasteiger partial charge in [-0.25, -0.2) is 4.79 Å². The van der Waals surface area contributed by atoms with Gasteiger partial charge in [-0.2, -0.15) is 5.10 Å². The highest BCUT2D eigenvalue weighted by molar-refractivity contribution is 5.92. The molecule has 1 aromatic carbocycles. The molecule has 2 heterocycles. The number of esters is 1. The number of carbonyl (C=O) groups is 2. The Morgan fingerprint density at radius 3 is 2.27 bits per heavy atom. The van der Waals surface area contributed by atoms with Crippen LogP contribution in [0.1, 0.15) is 55.8 Å². The van der Waals surface area contributed by atoms with Crippen LogP contribution in [0.2, 0.25) is 0 Å². The van der Waals surface area contributed by atoms with E-state index in [1.54, 1.807) is 12.1 Å². The molecular formula is C20H27N3O3. The number of hydrogen-bond donors (Lipinski definition) is 0. The first-order valence-corrected chi connectivity index (χ1v) is 9.50. The Labute approximate surface area is 154 Å². The number of rotatable bonds is 4. The van der Waals surface area contributed by atoms with Gasteiger partial charge in [-0.15, -0.1) is 0 Å². The van der Waals surface area contributed by atoms with Crippen molar-refractivity contribution in [2.75, 3.05) is 31.3 Å². The molecule has 3 rings (SSSR count). The van der Waals surface area contributed by atoms with Gasteiger partial charge in [0.1, 0.15) is 0 Å². The predicted molar refractivity (Wildman–Crippen MR) is 101 cm³/mol. The monoisotopic (exact) mass is 357 g/mol. The molecule has 0 bridgehead atoms. The zero-order valence-corrected chi connectivity index (χ0v) is 15.4. The average Bonchev–Trinajstić information content (AvgIpc) is 3.06. The number of benzene rings is 1. The minimum absolute atomic E-state index is 0.0984. The molecule has 0 N–H and O–H groups in total. The van der Waals surface area contributed by atoms with E-state index in [0.29, 0.717) is 5.56 Å². The number of hydrazone groups is 1. The Morgan fingerprint density at radius 1 is 1.00 bits per heavy atom. The summed E-state index contributed by atoms with van der Waals surface area (Å²) in [5.41, 5.74) is 2.51. The molecule has 0 aliphatic carbocycles. The van der Waals surface area contributed by atoms with Crippen molar-refractivity contribution in [3.05, 3.63) is 29.8 Å². The minimum atomic E-state index is -0.460. The van der Waals surface area contributed by atoms with E-state index in [4.69, 9.17) is 4.74 Å². The summed E-state index contributed by atoms with van der Waals surface area (Å²) in [6.45, 7) is 4.21. The molecule has 6 heteroatoms. The molecule has 0 saturated carbocycles. The standard InChI is InChI=1S/C20H27N3O3/c1-16-11-14-23(21-16)18-9-7-17(8-10-18)20(25)26-15-19(24)22-12-5-3-2-4-6-13-22/h7-10H,2-6,11-15H2,1H3. The number of anilines is 1. The van der Waals surface area contributed by atoms with Crippen molar-refractivity contribution < 1.29 is 14.3 Å². The topological polar surface area (TPSA) is 62.2 Å². The first-order valence-electron chi connectivity index (χ1n) is 9.50. The van der Waals surface area contributed by atoms with Gasteiger partial charge in [0.2, 0.25) is 0 Å². The largest absolute Gasteiger partial charge is 0.452 e. The third kappa shape index (κ3) is 4.84. The second kappa shape index (κ2) is 8.83. The van der Waals surface area contributed by atoms with Gasteiger partial charge < -0.3 is 9.64 Å². The van der Waals surface area contributed by atoms with Gasteiger partial charge in [-0.3, -0.25) is 9.80 Å². The van der Waals surface area contributed by atoms with E-state index in [1.165, 1.54) is 6.42 Å². The summed E-state index contributed by atoms with van der Waals surface area (Å²) in [7, 11) is 0. The summed E-state index contributed by atoms with van der Waals surface area (Å²) < 4.78 is 5.23. The van der Waals surface area contributed by atoms with Gasteiger partial charge in [0, 0.05) is 31.8 Å². The molecule has 26 heavy (non-hydrogen) atoms. The van der Waals surface area contributed by atoms with Gasteiger partial charge in [-0.1, -0.05) is 19.3 Å². The Kier molecular flexibility index (Phi) is 6.26. The maximum Gasteiger partial charge on any atom is 0.338 e. The van der Waals surface area contributed by atoms with E-state index < -0.39 is 5.97 Å². The summed E-state index contributed by atoms with van der Waals surface area (Å²) in [4.78, 5) is 26.3. The number of carbonyl (C=O) groups excluding carboxylic acids is 2. The summed E-state index contributed by atoms with van der Waals surface area (Å²) in [5, 5.41) is 6.37. The molecule has 140 valence electrons. The van der Waals surface area contributed by atoms with Crippen molar-refractivity contribution in [2.45, 2.75) is 45.4 Å². The maximum absolute atomic E-state index is 12.3. The van der Waals surface area contributed by atoms with Crippen molar-refractivity contribution >= 4 is 23.3 Å². The SMILES string of the molecule is CC1=NN(c2ccc(C(=O)OCC(=O)N3CCCCCCC3)cc2)CC1. The van der Waals surface area contributed by atoms with Crippen molar-refractivity contribution in [2.24, 2.45) is 5.10 Å². The second-order valence-corrected chi connectivity index (χ2v) is 6.98. The van der Waals surface area contributed by atoms with Crippen molar-refractivity contribution in [1.29, 1.82) is 0 Å². The van der Waals surface area contributed by atoms with Crippen LogP contribution >= 0.6 is 0 Å². The molecule has 6 nitrogen and oxygen atoms in total. The van der Waals surface area contributed by atoms with Crippen molar-refractivity contribution in [3.63, 3.8) is 0 Å². The number of likely N-dealkylation sites (tertiary alicyclic amines) is 1. The molecule has 1 saturated heterocycles. The molecule has 1 amide bonds. The first kappa shape index (κ1) is 18.4. The van der Waals surface area contributed by atoms with Crippen LogP contribution in [0.15, 0.2) is 29.4 Å². The predicted octanol–water partition coefficient (Wildman–Crippen LogP) is 3.22. The number of ether oxygens (including phenoxy) is 1. The van der Waals surface area contributed by atoms with Crippen LogP contribution in [0.25, 0.3) is 0 Å². The van der Waals surface area contributed by atoms with Gasteiger partial charge >= 0.3 is 5.97 Å². The Balaban J connectivity index is 1.50. The number of nitrogens with zero attached hydrogens (tertiary/aromatic N) is 3. The van der Waals surface area contributed by atoms with Crippen LogP contribution in [0.3, 0.4) is 0 Å². The molecular weight excluding hydrogens is 330 g/mol. The quantitative estimate of drug-likeness (QED) is 0.776. The van der Waals surface area contributed by atoms with Gasteiger partial charge in [-0.05, 0) is 44.0 Å². The Bertz CT molecular complexity index is 661. The fraction of sp³-hybridized carbons (Fsp3) is 0.550. The molecule has 2 aliphatic rings. The highest BCUT2D eigenvalue weighted by Crippen LogP contribution is 2.20. The van der Waals surface area contributed by atoms with Crippen LogP contribution < -0.4 is 5.01 Å². The lowest BCUT2D eigenvalue weighted by Crippen LogP contribution is -2.36. The lowest BCUT2D eigenvalue weighted by Gasteiger charge is -2.24. The maximum atomic E-state index is 12.3. The molecule has 0 unspecified atom stereocenters. The number of hydrogen-bond acceptors (Lipinski definition) is 5. The van der Waals surface area contributed by atoms with E-state index in [9.17, 15) is 9.59 Å². The van der Waals surface area contributed by atoms with Crippen LogP contribution in [0.5, 0.6) is 0 Å². The highest BCUT2D eigenvalue weighted by atomic mass is 16.5. The smallest absolute Gasteiger partial charge is 0.338 e. The fourth-order valence-corrected chi connectivity index (χ4v) is 3.33. The molecule has 1 aromatic rings. The average molecular weight is 357 g/mol. The van der Waals surface area contributed by atoms with E-state index in [-0.39, 0.29) is 12.5 Å². The third-order valence-corrected chi connectivity index (χ3v) is 4.91. The Morgan fingerprint density at radius 2 is 1.65 bits per heavy atom. The molecule has 1 fully saturated rings. The van der Waals surface area contributed by atoms with Crippen molar-refractivity contribution in [1.82, 2.24) is 4.90 Å². The number of amides is 1. The van der Waals surface area contributed by atoms with Crippen LogP contribution in [-0.2, 0) is 9.53 Å². The summed E-state index contributed by atoms with van der Waals surface area (Å²) in [6.07, 6.45) is 6.59. The van der Waals surface area contributed by atoms with E-state index in [0.717, 1.165) is 63.1 Å². The highest BCUT2D eigenvalue weighted by Gasteiger charge is 2.18. The third-order valence-electron chi connectivity index (χ3n) is 4.91. The second-order valence-electron chi connectivity index (χ2n) is 6.98. The normalized spacial score (nSPS) is 18.1. The first-order chi connectivity index (χ1) is 12.6. The molecule has 2 aliphatic heterocycles. The fourth-order valence-electron chi connectivity index (χ4n) is 3.33. The minimum Gasteiger partial charge on any atom is -0.452 e. The lowest BCUT2D eigenvalue weighted by atomic mass is 10.1. The van der Waals surface area contributed by atoms with Crippen molar-refractivity contribution in [3.8, 4) is 0 Å². The van der Waals surface area contributed by atoms with Crippen LogP contribution in [0.4, 0.5) is 5.69 Å². The zero-order valence-electron chi connectivity index (χ0n) is 15.4. The van der Waals surface area contributed by atoms with E-state index >= 15 is 0 Å². The van der Waals surface area contributed by atoms with Gasteiger partial charge in [0.05, 0.1) is 11.3 Å². The molecule has 0 spiro atoms. The van der Waals surface area contributed by atoms with E-state index in [1.807, 2.05) is 29.0 Å². The summed E-state index contributed by atoms with van der Waals surface area (Å²) >= 11 is 0. The van der Waals surface area contributed by atoms with Crippen LogP contribution in [-0.4, -0.2) is 48.7 Å². The summed E-state index contributed by atoms with van der Waals surface area (Å²) in [5.74, 6) is -0.559. The van der Waals surface area contributed by atoms with Gasteiger partial charge in [0.25, 0.3) is 5.91 Å².